The van der Waals surface area contributed by atoms with Gasteiger partial charge in [-0.05, 0) is 30.4 Å². The summed E-state index contributed by atoms with van der Waals surface area (Å²) in [5.74, 6) is 6.93. The molecule has 1 heterocycles. The maximum atomic E-state index is 11.2. The van der Waals surface area contributed by atoms with Crippen molar-refractivity contribution in [2.75, 3.05) is 13.7 Å². The second-order valence-corrected chi connectivity index (χ2v) is 4.78. The topological polar surface area (TPSA) is 51.2 Å². The number of ether oxygens (including phenoxy) is 1. The van der Waals surface area contributed by atoms with Crippen LogP contribution in [0.5, 0.6) is 0 Å². The molecule has 19 heavy (non-hydrogen) atoms. The molecule has 1 aromatic heterocycles. The maximum absolute atomic E-state index is 11.2. The molecular formula is C15H18N2O2. The van der Waals surface area contributed by atoms with Gasteiger partial charge in [-0.3, -0.25) is 0 Å². The van der Waals surface area contributed by atoms with E-state index in [-0.39, 0.29) is 5.41 Å². The van der Waals surface area contributed by atoms with Crippen molar-refractivity contribution in [3.05, 3.63) is 30.1 Å². The van der Waals surface area contributed by atoms with Crippen LogP contribution in [0.4, 0.5) is 4.79 Å². The van der Waals surface area contributed by atoms with Crippen molar-refractivity contribution in [3.63, 3.8) is 0 Å². The Morgan fingerprint density at radius 3 is 3.05 bits per heavy atom. The van der Waals surface area contributed by atoms with Crippen molar-refractivity contribution in [1.82, 2.24) is 10.3 Å². The smallest absolute Gasteiger partial charge is 0.406 e. The Labute approximate surface area is 113 Å². The minimum absolute atomic E-state index is 0.111. The van der Waals surface area contributed by atoms with E-state index in [2.05, 4.69) is 33.8 Å². The zero-order chi connectivity index (χ0) is 13.7. The minimum Gasteiger partial charge on any atom is -0.453 e. The molecule has 1 aliphatic carbocycles. The van der Waals surface area contributed by atoms with Crippen molar-refractivity contribution >= 4 is 6.09 Å². The zero-order valence-electron chi connectivity index (χ0n) is 11.3. The number of methoxy groups -OCH3 is 1. The summed E-state index contributed by atoms with van der Waals surface area (Å²) in [6.07, 6.45) is 3.42. The highest BCUT2D eigenvalue weighted by Crippen LogP contribution is 2.53. The van der Waals surface area contributed by atoms with Gasteiger partial charge in [-0.2, -0.15) is 0 Å². The largest absolute Gasteiger partial charge is 0.453 e. The summed E-state index contributed by atoms with van der Waals surface area (Å²) in [4.78, 5) is 15.3. The first-order valence-electron chi connectivity index (χ1n) is 6.46. The number of alkyl carbamates (subject to hydrolysis) is 1. The summed E-state index contributed by atoms with van der Waals surface area (Å²) < 4.78 is 4.59. The van der Waals surface area contributed by atoms with Crippen molar-refractivity contribution < 1.29 is 9.53 Å². The molecule has 1 fully saturated rings. The second kappa shape index (κ2) is 5.75. The van der Waals surface area contributed by atoms with Crippen molar-refractivity contribution in [3.8, 4) is 11.8 Å². The summed E-state index contributed by atoms with van der Waals surface area (Å²) in [6, 6.07) is 5.67. The number of amides is 1. The van der Waals surface area contributed by atoms with Crippen LogP contribution in [0.3, 0.4) is 0 Å². The number of nitrogens with zero attached hydrogens (tertiary/aromatic N) is 1. The molecule has 100 valence electrons. The lowest BCUT2D eigenvalue weighted by Crippen LogP contribution is -2.30. The van der Waals surface area contributed by atoms with Crippen LogP contribution in [0, 0.1) is 23.2 Å². The Bertz CT molecular complexity index is 504. The number of hydrogen-bond donors (Lipinski definition) is 1. The van der Waals surface area contributed by atoms with Crippen LogP contribution in [-0.2, 0) is 4.74 Å². The summed E-state index contributed by atoms with van der Waals surface area (Å²) in [5.41, 5.74) is 0.655. The van der Waals surface area contributed by atoms with Crippen LogP contribution in [0.1, 0.15) is 25.5 Å². The van der Waals surface area contributed by atoms with Gasteiger partial charge < -0.3 is 10.1 Å². The molecule has 2 unspecified atom stereocenters. The minimum atomic E-state index is -0.402. The predicted octanol–water partition coefficient (Wildman–Crippen LogP) is 2.21. The molecule has 1 aromatic rings. The third-order valence-electron chi connectivity index (χ3n) is 3.56. The molecule has 1 saturated carbocycles. The molecule has 2 rings (SSSR count). The van der Waals surface area contributed by atoms with Crippen LogP contribution in [0.25, 0.3) is 0 Å². The zero-order valence-corrected chi connectivity index (χ0v) is 11.3. The maximum Gasteiger partial charge on any atom is 0.406 e. The highest BCUT2D eigenvalue weighted by molar-refractivity contribution is 5.67. The fourth-order valence-corrected chi connectivity index (χ4v) is 2.26. The van der Waals surface area contributed by atoms with Gasteiger partial charge in [-0.1, -0.05) is 25.3 Å². The lowest BCUT2D eigenvalue weighted by molar-refractivity contribution is 0.169. The molecule has 1 amide bonds. The normalized spacial score (nSPS) is 24.0. The first kappa shape index (κ1) is 13.4. The molecule has 0 bridgehead atoms. The molecule has 1 aliphatic rings. The Hall–Kier alpha value is -2.02. The van der Waals surface area contributed by atoms with Crippen LogP contribution in [0.2, 0.25) is 0 Å². The molecule has 1 N–H and O–H groups in total. The van der Waals surface area contributed by atoms with E-state index in [4.69, 9.17) is 0 Å². The number of nitrogens with one attached hydrogen (secondary N) is 1. The number of rotatable bonds is 3. The molecule has 0 spiro atoms. The number of aromatic nitrogens is 1. The average Bonchev–Trinajstić information content (AvgIpc) is 3.18. The van der Waals surface area contributed by atoms with Gasteiger partial charge in [0.2, 0.25) is 0 Å². The van der Waals surface area contributed by atoms with E-state index in [1.165, 1.54) is 7.11 Å². The summed E-state index contributed by atoms with van der Waals surface area (Å²) in [6.45, 7) is 2.69. The monoisotopic (exact) mass is 258 g/mol. The molecule has 0 aromatic carbocycles. The van der Waals surface area contributed by atoms with Crippen LogP contribution < -0.4 is 5.32 Å². The Balaban J connectivity index is 2.05. The SMILES string of the molecule is CCC1CC1(C#Cc1ccccn1)CNC(=O)OC. The summed E-state index contributed by atoms with van der Waals surface area (Å²) in [7, 11) is 1.37. The van der Waals surface area contributed by atoms with Crippen LogP contribution in [0.15, 0.2) is 24.4 Å². The van der Waals surface area contributed by atoms with Gasteiger partial charge in [0.1, 0.15) is 5.69 Å². The Kier molecular flexibility index (Phi) is 4.06. The number of carbonyl (C=O) groups is 1. The van der Waals surface area contributed by atoms with Gasteiger partial charge in [0.05, 0.1) is 12.5 Å². The van der Waals surface area contributed by atoms with E-state index >= 15 is 0 Å². The number of carbonyl (C=O) groups excluding carboxylic acids is 1. The van der Waals surface area contributed by atoms with E-state index in [0.717, 1.165) is 18.5 Å². The van der Waals surface area contributed by atoms with E-state index in [0.29, 0.717) is 12.5 Å². The van der Waals surface area contributed by atoms with E-state index in [9.17, 15) is 4.79 Å². The summed E-state index contributed by atoms with van der Waals surface area (Å²) >= 11 is 0. The van der Waals surface area contributed by atoms with Crippen LogP contribution in [-0.4, -0.2) is 24.7 Å². The van der Waals surface area contributed by atoms with E-state index < -0.39 is 6.09 Å². The third kappa shape index (κ3) is 3.25. The molecule has 0 aliphatic heterocycles. The molecule has 0 radical (unpaired) electrons. The van der Waals surface area contributed by atoms with E-state index in [1.54, 1.807) is 6.20 Å². The quantitative estimate of drug-likeness (QED) is 0.846. The van der Waals surface area contributed by atoms with Crippen molar-refractivity contribution in [1.29, 1.82) is 0 Å². The van der Waals surface area contributed by atoms with Gasteiger partial charge >= 0.3 is 6.09 Å². The third-order valence-corrected chi connectivity index (χ3v) is 3.56. The Morgan fingerprint density at radius 2 is 2.47 bits per heavy atom. The van der Waals surface area contributed by atoms with Gasteiger partial charge in [0, 0.05) is 12.7 Å². The van der Waals surface area contributed by atoms with Crippen molar-refractivity contribution in [2.24, 2.45) is 11.3 Å². The van der Waals surface area contributed by atoms with Gasteiger partial charge in [0.25, 0.3) is 0 Å². The van der Waals surface area contributed by atoms with Crippen molar-refractivity contribution in [2.45, 2.75) is 19.8 Å². The number of pyridine rings is 1. The van der Waals surface area contributed by atoms with Crippen LogP contribution >= 0.6 is 0 Å². The second-order valence-electron chi connectivity index (χ2n) is 4.78. The molecule has 4 heteroatoms. The first-order valence-corrected chi connectivity index (χ1v) is 6.46. The molecular weight excluding hydrogens is 240 g/mol. The predicted molar refractivity (Wildman–Crippen MR) is 72.4 cm³/mol. The highest BCUT2D eigenvalue weighted by Gasteiger charge is 2.51. The average molecular weight is 258 g/mol. The molecule has 0 saturated heterocycles. The standard InChI is InChI=1S/C15H18N2O2/c1-3-12-10-15(12,11-17-14(18)19-2)8-7-13-6-4-5-9-16-13/h4-6,9,12H,3,10-11H2,1-2H3,(H,17,18). The lowest BCUT2D eigenvalue weighted by atomic mass is 10.0. The first-order chi connectivity index (χ1) is 9.20. The van der Waals surface area contributed by atoms with Gasteiger partial charge in [-0.25, -0.2) is 9.78 Å². The van der Waals surface area contributed by atoms with E-state index in [1.807, 2.05) is 18.2 Å². The fraction of sp³-hybridized carbons (Fsp3) is 0.467. The lowest BCUT2D eigenvalue weighted by Gasteiger charge is -2.10. The highest BCUT2D eigenvalue weighted by atomic mass is 16.5. The molecule has 2 atom stereocenters. The van der Waals surface area contributed by atoms with Gasteiger partial charge in [0.15, 0.2) is 0 Å². The molecule has 4 nitrogen and oxygen atoms in total. The Morgan fingerprint density at radius 1 is 1.63 bits per heavy atom. The fourth-order valence-electron chi connectivity index (χ4n) is 2.26. The summed E-state index contributed by atoms with van der Waals surface area (Å²) in [5, 5.41) is 2.75. The van der Waals surface area contributed by atoms with Gasteiger partial charge in [-0.15, -0.1) is 0 Å². The number of hydrogen-bond acceptors (Lipinski definition) is 3.